The van der Waals surface area contributed by atoms with E-state index >= 15 is 0 Å². The van der Waals surface area contributed by atoms with Crippen molar-refractivity contribution in [2.45, 2.75) is 31.8 Å². The fourth-order valence-corrected chi connectivity index (χ4v) is 4.16. The van der Waals surface area contributed by atoms with E-state index in [9.17, 15) is 10.2 Å². The Bertz CT molecular complexity index is 493. The predicted molar refractivity (Wildman–Crippen MR) is 79.6 cm³/mol. The van der Waals surface area contributed by atoms with Gasteiger partial charge in [-0.2, -0.15) is 0 Å². The Labute approximate surface area is 121 Å². The van der Waals surface area contributed by atoms with Gasteiger partial charge in [-0.15, -0.1) is 0 Å². The molecule has 4 unspecified atom stereocenters. The zero-order valence-electron chi connectivity index (χ0n) is 12.6. The summed E-state index contributed by atoms with van der Waals surface area (Å²) in [6, 6.07) is 5.56. The van der Waals surface area contributed by atoms with Crippen molar-refractivity contribution in [2.75, 3.05) is 20.6 Å². The zero-order chi connectivity index (χ0) is 14.5. The lowest BCUT2D eigenvalue weighted by atomic mass is 9.70. The number of hydrogen-bond acceptors (Lipinski definition) is 3. The standard InChI is InChI=1S/C17H25NO2/c1-11-6-14(9-15(19)7-11)17(20)13(10-18(2)3)5-4-12-8-16(12)17/h6-7,9,12-13,16,19-20H,4-5,8,10H2,1-3H3. The van der Waals surface area contributed by atoms with Gasteiger partial charge in [0, 0.05) is 12.5 Å². The summed E-state index contributed by atoms with van der Waals surface area (Å²) in [5, 5.41) is 21.4. The molecular formula is C17H25NO2. The second kappa shape index (κ2) is 4.74. The molecule has 2 aliphatic carbocycles. The topological polar surface area (TPSA) is 43.7 Å². The summed E-state index contributed by atoms with van der Waals surface area (Å²) in [5.74, 6) is 1.57. The Balaban J connectivity index is 2.00. The van der Waals surface area contributed by atoms with E-state index < -0.39 is 5.60 Å². The second-order valence-corrected chi connectivity index (χ2v) is 7.02. The number of aliphatic hydroxyl groups is 1. The van der Waals surface area contributed by atoms with E-state index in [0.29, 0.717) is 11.8 Å². The quantitative estimate of drug-likeness (QED) is 0.891. The zero-order valence-corrected chi connectivity index (χ0v) is 12.6. The van der Waals surface area contributed by atoms with Crippen LogP contribution in [0.3, 0.4) is 0 Å². The van der Waals surface area contributed by atoms with Crippen molar-refractivity contribution in [3.05, 3.63) is 29.3 Å². The number of rotatable bonds is 3. The number of aryl methyl sites for hydroxylation is 1. The van der Waals surface area contributed by atoms with Gasteiger partial charge in [0.05, 0.1) is 5.60 Å². The first-order valence-electron chi connectivity index (χ1n) is 7.59. The molecule has 3 rings (SSSR count). The van der Waals surface area contributed by atoms with Crippen molar-refractivity contribution in [3.8, 4) is 5.75 Å². The highest BCUT2D eigenvalue weighted by Gasteiger charge is 2.59. The lowest BCUT2D eigenvalue weighted by molar-refractivity contribution is -0.0751. The van der Waals surface area contributed by atoms with E-state index in [1.807, 2.05) is 13.0 Å². The smallest absolute Gasteiger partial charge is 0.116 e. The fraction of sp³-hybridized carbons (Fsp3) is 0.647. The largest absolute Gasteiger partial charge is 0.508 e. The highest BCUT2D eigenvalue weighted by molar-refractivity contribution is 5.38. The molecule has 4 atom stereocenters. The molecule has 0 bridgehead atoms. The van der Waals surface area contributed by atoms with Gasteiger partial charge in [-0.1, -0.05) is 6.07 Å². The van der Waals surface area contributed by atoms with E-state index in [1.54, 1.807) is 12.1 Å². The summed E-state index contributed by atoms with van der Waals surface area (Å²) >= 11 is 0. The van der Waals surface area contributed by atoms with Crippen LogP contribution in [0.2, 0.25) is 0 Å². The first kappa shape index (κ1) is 13.9. The maximum Gasteiger partial charge on any atom is 0.116 e. The first-order chi connectivity index (χ1) is 9.41. The minimum atomic E-state index is -0.767. The molecule has 0 amide bonds. The number of phenols is 1. The maximum atomic E-state index is 11.5. The molecule has 0 aliphatic heterocycles. The van der Waals surface area contributed by atoms with Crippen LogP contribution in [0.1, 0.15) is 30.4 Å². The molecule has 0 spiro atoms. The van der Waals surface area contributed by atoms with Crippen molar-refractivity contribution >= 4 is 0 Å². The van der Waals surface area contributed by atoms with Crippen LogP contribution >= 0.6 is 0 Å². The molecule has 0 heterocycles. The molecule has 1 aromatic rings. The maximum absolute atomic E-state index is 11.5. The number of benzene rings is 1. The van der Waals surface area contributed by atoms with Crippen LogP contribution < -0.4 is 0 Å². The Morgan fingerprint density at radius 2 is 2.00 bits per heavy atom. The minimum absolute atomic E-state index is 0.252. The molecule has 0 radical (unpaired) electrons. The molecule has 0 saturated heterocycles. The number of fused-ring (bicyclic) bond motifs is 1. The molecule has 2 saturated carbocycles. The van der Waals surface area contributed by atoms with Gasteiger partial charge < -0.3 is 15.1 Å². The predicted octanol–water partition coefficient (Wildman–Crippen LogP) is 2.50. The summed E-state index contributed by atoms with van der Waals surface area (Å²) in [4.78, 5) is 2.16. The van der Waals surface area contributed by atoms with Gasteiger partial charge in [0.15, 0.2) is 0 Å². The monoisotopic (exact) mass is 275 g/mol. The fourth-order valence-electron chi connectivity index (χ4n) is 4.16. The van der Waals surface area contributed by atoms with Crippen LogP contribution in [0.25, 0.3) is 0 Å². The van der Waals surface area contributed by atoms with Crippen molar-refractivity contribution < 1.29 is 10.2 Å². The molecule has 2 fully saturated rings. The molecule has 20 heavy (non-hydrogen) atoms. The van der Waals surface area contributed by atoms with E-state index in [0.717, 1.165) is 30.5 Å². The third-order valence-corrected chi connectivity index (χ3v) is 5.11. The van der Waals surface area contributed by atoms with Crippen LogP contribution in [0.15, 0.2) is 18.2 Å². The van der Waals surface area contributed by atoms with Crippen LogP contribution in [0.4, 0.5) is 0 Å². The molecule has 2 aliphatic rings. The number of aromatic hydroxyl groups is 1. The van der Waals surface area contributed by atoms with Gasteiger partial charge in [0.1, 0.15) is 5.75 Å². The Hall–Kier alpha value is -1.06. The van der Waals surface area contributed by atoms with E-state index in [1.165, 1.54) is 6.42 Å². The third kappa shape index (κ3) is 2.23. The highest BCUT2D eigenvalue weighted by atomic mass is 16.3. The molecule has 1 aromatic carbocycles. The van der Waals surface area contributed by atoms with Crippen molar-refractivity contribution in [1.29, 1.82) is 0 Å². The number of nitrogens with zero attached hydrogens (tertiary/aromatic N) is 1. The second-order valence-electron chi connectivity index (χ2n) is 7.02. The summed E-state index contributed by atoms with van der Waals surface area (Å²) < 4.78 is 0. The summed E-state index contributed by atoms with van der Waals surface area (Å²) in [7, 11) is 4.13. The Morgan fingerprint density at radius 1 is 1.25 bits per heavy atom. The third-order valence-electron chi connectivity index (χ3n) is 5.11. The van der Waals surface area contributed by atoms with Crippen LogP contribution in [0.5, 0.6) is 5.75 Å². The normalized spacial score (nSPS) is 36.0. The lowest BCUT2D eigenvalue weighted by Crippen LogP contribution is -2.45. The van der Waals surface area contributed by atoms with Gasteiger partial charge in [0.2, 0.25) is 0 Å². The molecule has 2 N–H and O–H groups in total. The van der Waals surface area contributed by atoms with Crippen molar-refractivity contribution in [3.63, 3.8) is 0 Å². The van der Waals surface area contributed by atoms with Gasteiger partial charge in [-0.3, -0.25) is 0 Å². The summed E-state index contributed by atoms with van der Waals surface area (Å²) in [6.07, 6.45) is 3.45. The first-order valence-corrected chi connectivity index (χ1v) is 7.59. The molecule has 3 nitrogen and oxygen atoms in total. The van der Waals surface area contributed by atoms with Crippen molar-refractivity contribution in [1.82, 2.24) is 4.90 Å². The summed E-state index contributed by atoms with van der Waals surface area (Å²) in [6.45, 7) is 2.87. The van der Waals surface area contributed by atoms with Crippen molar-refractivity contribution in [2.24, 2.45) is 17.8 Å². The van der Waals surface area contributed by atoms with Gasteiger partial charge >= 0.3 is 0 Å². The highest BCUT2D eigenvalue weighted by Crippen LogP contribution is 2.61. The number of hydrogen-bond donors (Lipinski definition) is 2. The van der Waals surface area contributed by atoms with Gasteiger partial charge in [-0.05, 0) is 75.4 Å². The minimum Gasteiger partial charge on any atom is -0.508 e. The SMILES string of the molecule is Cc1cc(O)cc(C2(O)C(CN(C)C)CCC3CC32)c1. The van der Waals surface area contributed by atoms with Crippen LogP contribution in [0, 0.1) is 24.7 Å². The van der Waals surface area contributed by atoms with E-state index in [4.69, 9.17) is 0 Å². The lowest BCUT2D eigenvalue weighted by Gasteiger charge is -2.42. The van der Waals surface area contributed by atoms with Gasteiger partial charge in [0.25, 0.3) is 0 Å². The van der Waals surface area contributed by atoms with Crippen LogP contribution in [-0.4, -0.2) is 35.8 Å². The average Bonchev–Trinajstić information content (AvgIpc) is 3.11. The Morgan fingerprint density at radius 3 is 2.65 bits per heavy atom. The molecular weight excluding hydrogens is 250 g/mol. The molecule has 3 heteroatoms. The average molecular weight is 275 g/mol. The van der Waals surface area contributed by atoms with Gasteiger partial charge in [-0.25, -0.2) is 0 Å². The summed E-state index contributed by atoms with van der Waals surface area (Å²) in [5.41, 5.74) is 1.16. The Kier molecular flexibility index (Phi) is 3.30. The van der Waals surface area contributed by atoms with E-state index in [2.05, 4.69) is 19.0 Å². The van der Waals surface area contributed by atoms with E-state index in [-0.39, 0.29) is 11.7 Å². The molecule has 0 aromatic heterocycles. The molecule has 110 valence electrons. The number of phenolic OH excluding ortho intramolecular Hbond substituents is 1. The van der Waals surface area contributed by atoms with Crippen LogP contribution in [-0.2, 0) is 5.60 Å².